The Morgan fingerprint density at radius 1 is 0.873 bits per heavy atom. The third-order valence-corrected chi connectivity index (χ3v) is 16.3. The number of rotatable bonds is 10. The van der Waals surface area contributed by atoms with Crippen LogP contribution in [0.1, 0.15) is 114 Å². The predicted octanol–water partition coefficient (Wildman–Crippen LogP) is 2.36. The zero-order valence-electron chi connectivity index (χ0n) is 34.3. The van der Waals surface area contributed by atoms with E-state index < -0.39 is 96.7 Å². The average Bonchev–Trinajstić information content (AvgIpc) is 3.38. The number of hydrogen-bond donors (Lipinski definition) is 8. The highest BCUT2D eigenvalue weighted by Crippen LogP contribution is 2.74. The average molecular weight is 783 g/mol. The summed E-state index contributed by atoms with van der Waals surface area (Å²) in [6.07, 6.45) is -7.09. The second kappa shape index (κ2) is 15.2. The van der Waals surface area contributed by atoms with E-state index in [-0.39, 0.29) is 22.7 Å². The Kier molecular flexibility index (Phi) is 12.0. The molecule has 0 spiro atoms. The molecular weight excluding hydrogens is 712 g/mol. The molecule has 0 bridgehead atoms. The summed E-state index contributed by atoms with van der Waals surface area (Å²) in [6, 6.07) is 0. The van der Waals surface area contributed by atoms with Gasteiger partial charge in [-0.2, -0.15) is 0 Å². The van der Waals surface area contributed by atoms with Gasteiger partial charge in [0.2, 0.25) is 0 Å². The monoisotopic (exact) mass is 782 g/mol. The van der Waals surface area contributed by atoms with Crippen molar-refractivity contribution in [3.05, 3.63) is 11.6 Å². The molecule has 2 heterocycles. The minimum absolute atomic E-state index is 0.00755. The Morgan fingerprint density at radius 2 is 1.55 bits per heavy atom. The molecule has 55 heavy (non-hydrogen) atoms. The molecule has 8 N–H and O–H groups in total. The molecule has 0 radical (unpaired) electrons. The van der Waals surface area contributed by atoms with Gasteiger partial charge in [0.05, 0.1) is 30.5 Å². The number of fused-ring (bicyclic) bond motifs is 5. The molecule has 0 aromatic heterocycles. The van der Waals surface area contributed by atoms with E-state index in [2.05, 4.69) is 47.6 Å². The van der Waals surface area contributed by atoms with Gasteiger partial charge >= 0.3 is 0 Å². The summed E-state index contributed by atoms with van der Waals surface area (Å²) in [5.41, 5.74) is -1.38. The van der Waals surface area contributed by atoms with Crippen LogP contribution in [0.25, 0.3) is 0 Å². The minimum atomic E-state index is -1.73. The summed E-state index contributed by atoms with van der Waals surface area (Å²) < 4.78 is 24.4. The Balaban J connectivity index is 1.22. The van der Waals surface area contributed by atoms with E-state index >= 15 is 0 Å². The van der Waals surface area contributed by atoms with E-state index in [1.54, 1.807) is 20.8 Å². The normalized spacial score (nSPS) is 49.7. The molecule has 4 aliphatic carbocycles. The van der Waals surface area contributed by atoms with E-state index in [9.17, 15) is 45.6 Å². The molecule has 19 atom stereocenters. The highest BCUT2D eigenvalue weighted by molar-refractivity contribution is 5.88. The van der Waals surface area contributed by atoms with Crippen LogP contribution in [0.3, 0.4) is 0 Å². The third kappa shape index (κ3) is 7.01. The van der Waals surface area contributed by atoms with Gasteiger partial charge in [-0.15, -0.1) is 0 Å². The fraction of sp³-hybridized carbons (Fsp3) is 0.929. The lowest BCUT2D eigenvalue weighted by Gasteiger charge is -2.65. The van der Waals surface area contributed by atoms with Crippen LogP contribution in [0.4, 0.5) is 0 Å². The third-order valence-electron chi connectivity index (χ3n) is 16.3. The van der Waals surface area contributed by atoms with Crippen molar-refractivity contribution in [3.8, 4) is 0 Å². The molecule has 2 aliphatic heterocycles. The van der Waals surface area contributed by atoms with Crippen molar-refractivity contribution in [2.75, 3.05) is 6.61 Å². The first kappa shape index (κ1) is 43.5. The minimum Gasteiger partial charge on any atom is -0.394 e. The number of aliphatic hydroxyl groups excluding tert-OH is 7. The van der Waals surface area contributed by atoms with Gasteiger partial charge in [0.25, 0.3) is 0 Å². The fourth-order valence-electron chi connectivity index (χ4n) is 12.3. The van der Waals surface area contributed by atoms with Crippen LogP contribution in [0.15, 0.2) is 11.6 Å². The molecular formula is C42H70O13. The second-order valence-electron chi connectivity index (χ2n) is 20.0. The Morgan fingerprint density at radius 3 is 2.18 bits per heavy atom. The van der Waals surface area contributed by atoms with E-state index in [1.165, 1.54) is 5.57 Å². The fourth-order valence-corrected chi connectivity index (χ4v) is 12.3. The molecule has 0 amide bonds. The molecule has 6 aliphatic rings. The molecule has 19 unspecified atom stereocenters. The van der Waals surface area contributed by atoms with Crippen LogP contribution in [0, 0.1) is 45.3 Å². The molecule has 2 saturated heterocycles. The van der Waals surface area contributed by atoms with Gasteiger partial charge < -0.3 is 59.8 Å². The smallest absolute Gasteiger partial charge is 0.187 e. The lowest BCUT2D eigenvalue weighted by molar-refractivity contribution is -0.372. The Bertz CT molecular complexity index is 1430. The lowest BCUT2D eigenvalue weighted by atomic mass is 9.38. The van der Waals surface area contributed by atoms with Crippen molar-refractivity contribution < 1.29 is 64.6 Å². The number of Topliss-reactive ketones (excluding diaryl/α,β-unsaturated/α-hetero) is 1. The van der Waals surface area contributed by atoms with Crippen LogP contribution >= 0.6 is 0 Å². The van der Waals surface area contributed by atoms with Gasteiger partial charge in [-0.3, -0.25) is 4.79 Å². The molecule has 3 saturated carbocycles. The molecule has 5 fully saturated rings. The van der Waals surface area contributed by atoms with E-state index in [0.29, 0.717) is 43.3 Å². The highest BCUT2D eigenvalue weighted by atomic mass is 16.8. The summed E-state index contributed by atoms with van der Waals surface area (Å²) in [5.74, 6) is 1.10. The number of ketones is 1. The number of allylic oxidation sites excluding steroid dienone is 1. The summed E-state index contributed by atoms with van der Waals surface area (Å²) in [7, 11) is 0. The maximum absolute atomic E-state index is 14.8. The quantitative estimate of drug-likeness (QED) is 0.150. The predicted molar refractivity (Wildman–Crippen MR) is 200 cm³/mol. The topological polar surface area (TPSA) is 216 Å². The summed E-state index contributed by atoms with van der Waals surface area (Å²) in [4.78, 5) is 14.8. The standard InChI is InChI=1S/C42H70O13/c1-20(10-14-27(44)39(5,6)51)22-16-17-40(7)26-13-11-23-24(42(26,9)28(45)18-41(22,40)8)12-15-29(38(23,3)4)54-37-35(33(49)30(46)21(2)52-37)55-36-34(50)32(48)31(47)25(19-43)53-36/h11,20-22,24-27,29-37,43-44,46-51H,10,12-19H2,1-9H3. The molecule has 13 heteroatoms. The summed E-state index contributed by atoms with van der Waals surface area (Å²) >= 11 is 0. The first-order valence-corrected chi connectivity index (χ1v) is 20.7. The number of carbonyl (C=O) groups excluding carboxylic acids is 1. The van der Waals surface area contributed by atoms with Crippen LogP contribution < -0.4 is 0 Å². The zero-order chi connectivity index (χ0) is 40.8. The molecule has 13 nitrogen and oxygen atoms in total. The van der Waals surface area contributed by atoms with Crippen molar-refractivity contribution in [2.45, 2.75) is 193 Å². The number of carbonyl (C=O) groups is 1. The van der Waals surface area contributed by atoms with Gasteiger partial charge in [-0.05, 0) is 100 Å². The molecule has 6 rings (SSSR count). The van der Waals surface area contributed by atoms with Crippen LogP contribution in [0.5, 0.6) is 0 Å². The van der Waals surface area contributed by atoms with Crippen molar-refractivity contribution in [2.24, 2.45) is 45.3 Å². The van der Waals surface area contributed by atoms with Crippen LogP contribution in [-0.2, 0) is 23.7 Å². The van der Waals surface area contributed by atoms with Crippen molar-refractivity contribution in [3.63, 3.8) is 0 Å². The summed E-state index contributed by atoms with van der Waals surface area (Å²) in [6.45, 7) is 17.6. The lowest BCUT2D eigenvalue weighted by Crippen LogP contribution is -2.65. The van der Waals surface area contributed by atoms with E-state index in [0.717, 1.165) is 25.7 Å². The van der Waals surface area contributed by atoms with Crippen molar-refractivity contribution in [1.29, 1.82) is 0 Å². The first-order chi connectivity index (χ1) is 25.4. The van der Waals surface area contributed by atoms with Crippen LogP contribution in [0.2, 0.25) is 0 Å². The number of hydrogen-bond acceptors (Lipinski definition) is 13. The van der Waals surface area contributed by atoms with Crippen molar-refractivity contribution >= 4 is 5.78 Å². The van der Waals surface area contributed by atoms with E-state index in [4.69, 9.17) is 18.9 Å². The van der Waals surface area contributed by atoms with Gasteiger partial charge in [0.1, 0.15) is 48.5 Å². The number of ether oxygens (including phenoxy) is 4. The first-order valence-electron chi connectivity index (χ1n) is 20.7. The van der Waals surface area contributed by atoms with Gasteiger partial charge in [-0.25, -0.2) is 0 Å². The molecule has 0 aromatic rings. The van der Waals surface area contributed by atoms with Gasteiger partial charge in [0, 0.05) is 17.3 Å². The van der Waals surface area contributed by atoms with Gasteiger partial charge in [-0.1, -0.05) is 53.2 Å². The Hall–Kier alpha value is -1.07. The van der Waals surface area contributed by atoms with Crippen LogP contribution in [-0.4, -0.2) is 132 Å². The zero-order valence-corrected chi connectivity index (χ0v) is 34.3. The maximum Gasteiger partial charge on any atom is 0.187 e. The highest BCUT2D eigenvalue weighted by Gasteiger charge is 2.70. The number of aliphatic hydroxyl groups is 8. The second-order valence-corrected chi connectivity index (χ2v) is 20.0. The van der Waals surface area contributed by atoms with Gasteiger partial charge in [0.15, 0.2) is 12.6 Å². The van der Waals surface area contributed by atoms with Crippen molar-refractivity contribution in [1.82, 2.24) is 0 Å². The molecule has 316 valence electrons. The molecule has 0 aromatic carbocycles. The van der Waals surface area contributed by atoms with E-state index in [1.807, 2.05) is 0 Å². The summed E-state index contributed by atoms with van der Waals surface area (Å²) in [5, 5.41) is 84.0. The Labute approximate surface area is 326 Å². The maximum atomic E-state index is 14.8. The largest absolute Gasteiger partial charge is 0.394 e. The SMILES string of the molecule is CC(CCC(O)C(C)(C)O)C1CCC2(C)C3CC=C4C(CCC(OC5OC(C)C(O)C(O)C5OC5OC(CO)C(O)C(O)C5O)C4(C)C)C3(C)C(=O)CC12C.